The first-order valence-electron chi connectivity index (χ1n) is 8.77. The first-order valence-corrected chi connectivity index (χ1v) is 9.58. The summed E-state index contributed by atoms with van der Waals surface area (Å²) >= 11 is 1.40. The summed E-state index contributed by atoms with van der Waals surface area (Å²) in [7, 11) is 0. The van der Waals surface area contributed by atoms with Gasteiger partial charge in [-0.1, -0.05) is 19.1 Å². The topological polar surface area (TPSA) is 137 Å². The number of nitrogens with two attached hydrogens (primary N) is 1. The number of Topliss-reactive ketones (excluding diaryl/α,β-unsaturated/α-hetero) is 1. The number of rotatable bonds is 7. The van der Waals surface area contributed by atoms with Gasteiger partial charge in [0, 0.05) is 12.6 Å². The van der Waals surface area contributed by atoms with Gasteiger partial charge in [-0.3, -0.25) is 19.1 Å². The number of ketones is 1. The lowest BCUT2D eigenvalue weighted by Crippen LogP contribution is -2.37. The lowest BCUT2D eigenvalue weighted by Gasteiger charge is -2.10. The summed E-state index contributed by atoms with van der Waals surface area (Å²) in [6.45, 7) is 1.38. The van der Waals surface area contributed by atoms with E-state index in [1.165, 1.54) is 17.4 Å². The number of H-pyrrole nitrogens is 1. The van der Waals surface area contributed by atoms with Crippen LogP contribution in [0.1, 0.15) is 28.7 Å². The zero-order valence-electron chi connectivity index (χ0n) is 15.5. The number of hydrogen-bond acceptors (Lipinski definition) is 8. The molecule has 0 atom stereocenters. The van der Waals surface area contributed by atoms with Crippen LogP contribution < -0.4 is 17.0 Å². The molecule has 0 aliphatic carbocycles. The van der Waals surface area contributed by atoms with Crippen LogP contribution in [0.5, 0.6) is 0 Å². The Bertz CT molecular complexity index is 1190. The van der Waals surface area contributed by atoms with Crippen LogP contribution in [-0.4, -0.2) is 32.9 Å². The molecule has 0 aliphatic heterocycles. The number of nitrogens with one attached hydrogen (secondary N) is 1. The highest BCUT2D eigenvalue weighted by Crippen LogP contribution is 2.22. The number of aromatic amines is 1. The van der Waals surface area contributed by atoms with Gasteiger partial charge in [-0.2, -0.15) is 0 Å². The average molecular weight is 414 g/mol. The van der Waals surface area contributed by atoms with E-state index >= 15 is 0 Å². The molecule has 0 amide bonds. The molecule has 0 radical (unpaired) electrons. The lowest BCUT2D eigenvalue weighted by atomic mass is 10.2. The molecule has 3 aromatic rings. The van der Waals surface area contributed by atoms with Gasteiger partial charge in [0.2, 0.25) is 5.78 Å². The van der Waals surface area contributed by atoms with Gasteiger partial charge in [-0.15, -0.1) is 11.3 Å². The molecule has 0 spiro atoms. The molecule has 0 saturated carbocycles. The predicted molar refractivity (Wildman–Crippen MR) is 110 cm³/mol. The molecule has 0 fully saturated rings. The molecule has 0 aliphatic rings. The highest BCUT2D eigenvalue weighted by molar-refractivity contribution is 7.19. The number of para-hydroxylation sites is 1. The molecular weight excluding hydrogens is 396 g/mol. The highest BCUT2D eigenvalue weighted by atomic mass is 32.1. The smallest absolute Gasteiger partial charge is 0.331 e. The monoisotopic (exact) mass is 414 g/mol. The summed E-state index contributed by atoms with van der Waals surface area (Å²) in [6.07, 6.45) is 3.21. The summed E-state index contributed by atoms with van der Waals surface area (Å²) < 4.78 is 6.98. The first kappa shape index (κ1) is 20.2. The molecule has 0 saturated heterocycles. The molecule has 2 heterocycles. The van der Waals surface area contributed by atoms with Gasteiger partial charge in [0.05, 0.1) is 10.2 Å². The van der Waals surface area contributed by atoms with Crippen molar-refractivity contribution in [1.82, 2.24) is 14.5 Å². The molecule has 0 unspecified atom stereocenters. The molecule has 3 N–H and O–H groups in total. The normalized spacial score (nSPS) is 11.2. The first-order chi connectivity index (χ1) is 13.9. The summed E-state index contributed by atoms with van der Waals surface area (Å²) in [4.78, 5) is 54.4. The molecule has 1 aromatic carbocycles. The number of anilines is 1. The Hall–Kier alpha value is -3.53. The van der Waals surface area contributed by atoms with E-state index in [1.807, 2.05) is 31.2 Å². The standard InChI is InChI=1S/C19H18N4O5S/c1-2-9-23-17(20)16(18(26)22-19(23)27)12(24)10-28-15(25)8-7-14-21-11-5-3-4-6-13(11)29-14/h3-8H,2,9-10,20H2,1H3,(H,22,26,27)/b8-7+. The molecule has 0 bridgehead atoms. The molecule has 9 nitrogen and oxygen atoms in total. The molecule has 29 heavy (non-hydrogen) atoms. The third kappa shape index (κ3) is 4.49. The van der Waals surface area contributed by atoms with Crippen LogP contribution in [0.3, 0.4) is 0 Å². The number of esters is 1. The number of hydrogen-bond donors (Lipinski definition) is 2. The Kier molecular flexibility index (Phi) is 6.03. The van der Waals surface area contributed by atoms with E-state index in [0.717, 1.165) is 20.9 Å². The fourth-order valence-electron chi connectivity index (χ4n) is 2.66. The molecule has 3 rings (SSSR count). The maximum atomic E-state index is 12.3. The summed E-state index contributed by atoms with van der Waals surface area (Å²) in [5, 5.41) is 0.613. The third-order valence-electron chi connectivity index (χ3n) is 3.98. The van der Waals surface area contributed by atoms with E-state index in [4.69, 9.17) is 10.5 Å². The molecule has 150 valence electrons. The number of fused-ring (bicyclic) bond motifs is 1. The number of thiazole rings is 1. The van der Waals surface area contributed by atoms with Crippen LogP contribution in [0.25, 0.3) is 16.3 Å². The average Bonchev–Trinajstić information content (AvgIpc) is 3.11. The van der Waals surface area contributed by atoms with Crippen LogP contribution in [0.4, 0.5) is 5.82 Å². The Morgan fingerprint density at radius 1 is 1.31 bits per heavy atom. The van der Waals surface area contributed by atoms with Crippen molar-refractivity contribution in [2.75, 3.05) is 12.3 Å². The van der Waals surface area contributed by atoms with Gasteiger partial charge in [0.1, 0.15) is 16.4 Å². The summed E-state index contributed by atoms with van der Waals surface area (Å²) in [5.74, 6) is -1.81. The molecule has 10 heteroatoms. The Labute approximate surface area is 168 Å². The van der Waals surface area contributed by atoms with Crippen molar-refractivity contribution in [2.24, 2.45) is 0 Å². The Morgan fingerprint density at radius 3 is 2.79 bits per heavy atom. The van der Waals surface area contributed by atoms with E-state index in [-0.39, 0.29) is 12.4 Å². The maximum Gasteiger partial charge on any atom is 0.331 e. The number of carbonyl (C=O) groups is 2. The lowest BCUT2D eigenvalue weighted by molar-refractivity contribution is -0.136. The fraction of sp³-hybridized carbons (Fsp3) is 0.211. The van der Waals surface area contributed by atoms with Crippen molar-refractivity contribution in [3.8, 4) is 0 Å². The number of benzene rings is 1. The van der Waals surface area contributed by atoms with Crippen molar-refractivity contribution < 1.29 is 14.3 Å². The highest BCUT2D eigenvalue weighted by Gasteiger charge is 2.20. The van der Waals surface area contributed by atoms with E-state index in [9.17, 15) is 19.2 Å². The Morgan fingerprint density at radius 2 is 2.07 bits per heavy atom. The second kappa shape index (κ2) is 8.65. The van der Waals surface area contributed by atoms with Crippen LogP contribution >= 0.6 is 11.3 Å². The van der Waals surface area contributed by atoms with Gasteiger partial charge < -0.3 is 10.5 Å². The summed E-state index contributed by atoms with van der Waals surface area (Å²) in [5.41, 5.74) is 4.62. The Balaban J connectivity index is 1.68. The van der Waals surface area contributed by atoms with E-state index in [1.54, 1.807) is 0 Å². The predicted octanol–water partition coefficient (Wildman–Crippen LogP) is 1.58. The van der Waals surface area contributed by atoms with Crippen molar-refractivity contribution in [1.29, 1.82) is 0 Å². The van der Waals surface area contributed by atoms with Gasteiger partial charge in [-0.05, 0) is 24.6 Å². The number of ether oxygens (including phenoxy) is 1. The van der Waals surface area contributed by atoms with Gasteiger partial charge >= 0.3 is 11.7 Å². The van der Waals surface area contributed by atoms with Crippen molar-refractivity contribution in [3.05, 3.63) is 61.8 Å². The second-order valence-electron chi connectivity index (χ2n) is 6.06. The van der Waals surface area contributed by atoms with Crippen LogP contribution in [-0.2, 0) is 16.1 Å². The number of carbonyl (C=O) groups excluding carboxylic acids is 2. The largest absolute Gasteiger partial charge is 0.454 e. The second-order valence-corrected chi connectivity index (χ2v) is 7.12. The number of aromatic nitrogens is 3. The summed E-state index contributed by atoms with van der Waals surface area (Å²) in [6, 6.07) is 7.54. The van der Waals surface area contributed by atoms with E-state index in [2.05, 4.69) is 9.97 Å². The molecular formula is C19H18N4O5S. The van der Waals surface area contributed by atoms with Crippen LogP contribution in [0, 0.1) is 0 Å². The van der Waals surface area contributed by atoms with Crippen LogP contribution in [0.2, 0.25) is 0 Å². The third-order valence-corrected chi connectivity index (χ3v) is 4.99. The molecule has 2 aromatic heterocycles. The number of nitrogen functional groups attached to an aromatic ring is 1. The zero-order valence-corrected chi connectivity index (χ0v) is 16.3. The van der Waals surface area contributed by atoms with Gasteiger partial charge in [-0.25, -0.2) is 14.6 Å². The van der Waals surface area contributed by atoms with Gasteiger partial charge in [0.15, 0.2) is 6.61 Å². The van der Waals surface area contributed by atoms with Crippen molar-refractivity contribution in [3.63, 3.8) is 0 Å². The maximum absolute atomic E-state index is 12.3. The quantitative estimate of drug-likeness (QED) is 0.340. The SMILES string of the molecule is CCCn1c(N)c(C(=O)COC(=O)/C=C/c2nc3ccccc3s2)c(=O)[nH]c1=O. The zero-order chi connectivity index (χ0) is 21.0. The fourth-order valence-corrected chi connectivity index (χ4v) is 3.53. The minimum Gasteiger partial charge on any atom is -0.454 e. The minimum absolute atomic E-state index is 0.242. The van der Waals surface area contributed by atoms with E-state index in [0.29, 0.717) is 11.4 Å². The number of nitrogens with zero attached hydrogens (tertiary/aromatic N) is 2. The minimum atomic E-state index is -0.911. The van der Waals surface area contributed by atoms with Crippen LogP contribution in [0.15, 0.2) is 39.9 Å². The van der Waals surface area contributed by atoms with Gasteiger partial charge in [0.25, 0.3) is 5.56 Å². The van der Waals surface area contributed by atoms with E-state index < -0.39 is 35.2 Å². The van der Waals surface area contributed by atoms with Crippen molar-refractivity contribution in [2.45, 2.75) is 19.9 Å². The van der Waals surface area contributed by atoms with Crippen molar-refractivity contribution >= 4 is 45.2 Å².